The maximum absolute atomic E-state index is 14.8. The Labute approximate surface area is 206 Å². The van der Waals surface area contributed by atoms with Crippen molar-refractivity contribution in [2.75, 3.05) is 11.6 Å². The van der Waals surface area contributed by atoms with E-state index >= 15 is 0 Å². The second-order valence-electron chi connectivity index (χ2n) is 7.97. The minimum atomic E-state index is -3.37. The fourth-order valence-corrected chi connectivity index (χ4v) is 4.56. The number of amides is 1. The summed E-state index contributed by atoms with van der Waals surface area (Å²) in [5, 5.41) is 3.02. The Balaban J connectivity index is 1.74. The van der Waals surface area contributed by atoms with Crippen LogP contribution in [0.3, 0.4) is 0 Å². The number of nitrogens with one attached hydrogen (secondary N) is 1. The standard InChI is InChI=1S/C25H20ClF2N3O3S/c1-15-21(25(32)30-17-7-9-19(10-8-17)35(2,33)34)14-31(13-18-4-3-5-23(26)29-18)24(15)20-11-6-16(27)12-22(20)28/h3-12,14H,13H2,1-2H3,(H,30,32). The summed E-state index contributed by atoms with van der Waals surface area (Å²) in [7, 11) is -3.37. The number of aromatic nitrogens is 2. The molecule has 2 aromatic carbocycles. The smallest absolute Gasteiger partial charge is 0.257 e. The number of hydrogen-bond acceptors (Lipinski definition) is 4. The molecule has 2 aromatic heterocycles. The molecule has 0 aliphatic rings. The van der Waals surface area contributed by atoms with E-state index in [9.17, 15) is 22.0 Å². The molecule has 180 valence electrons. The van der Waals surface area contributed by atoms with Crippen molar-refractivity contribution < 1.29 is 22.0 Å². The van der Waals surface area contributed by atoms with Crippen LogP contribution in [0.2, 0.25) is 5.15 Å². The molecule has 4 aromatic rings. The van der Waals surface area contributed by atoms with Crippen molar-refractivity contribution in [3.63, 3.8) is 0 Å². The number of carbonyl (C=O) groups excluding carboxylic acids is 1. The number of hydrogen-bond donors (Lipinski definition) is 1. The fourth-order valence-electron chi connectivity index (χ4n) is 3.75. The van der Waals surface area contributed by atoms with Crippen molar-refractivity contribution in [3.8, 4) is 11.3 Å². The van der Waals surface area contributed by atoms with Gasteiger partial charge in [-0.3, -0.25) is 4.79 Å². The molecule has 0 bridgehead atoms. The third-order valence-electron chi connectivity index (χ3n) is 5.41. The molecule has 10 heteroatoms. The fraction of sp³-hybridized carbons (Fsp3) is 0.120. The minimum absolute atomic E-state index is 0.126. The van der Waals surface area contributed by atoms with Crippen LogP contribution in [0.5, 0.6) is 0 Å². The lowest BCUT2D eigenvalue weighted by Crippen LogP contribution is -2.12. The number of anilines is 1. The van der Waals surface area contributed by atoms with Crippen LogP contribution in [-0.4, -0.2) is 30.1 Å². The Morgan fingerprint density at radius 1 is 1.09 bits per heavy atom. The second-order valence-corrected chi connectivity index (χ2v) is 10.4. The van der Waals surface area contributed by atoms with Gasteiger partial charge in [0.2, 0.25) is 0 Å². The molecule has 0 unspecified atom stereocenters. The van der Waals surface area contributed by atoms with Crippen molar-refractivity contribution in [1.82, 2.24) is 9.55 Å². The first kappa shape index (κ1) is 24.6. The van der Waals surface area contributed by atoms with E-state index in [-0.39, 0.29) is 27.7 Å². The molecule has 0 aliphatic carbocycles. The summed E-state index contributed by atoms with van der Waals surface area (Å²) in [4.78, 5) is 17.5. The lowest BCUT2D eigenvalue weighted by atomic mass is 10.0. The van der Waals surface area contributed by atoms with Crippen LogP contribution < -0.4 is 5.32 Å². The summed E-state index contributed by atoms with van der Waals surface area (Å²) in [6.45, 7) is 1.85. The van der Waals surface area contributed by atoms with E-state index in [0.29, 0.717) is 22.6 Å². The lowest BCUT2D eigenvalue weighted by molar-refractivity contribution is 0.102. The Bertz CT molecular complexity index is 1530. The highest BCUT2D eigenvalue weighted by atomic mass is 35.5. The van der Waals surface area contributed by atoms with Crippen molar-refractivity contribution in [3.05, 3.63) is 100 Å². The summed E-state index contributed by atoms with van der Waals surface area (Å²) in [5.74, 6) is -1.96. The molecule has 6 nitrogen and oxygen atoms in total. The highest BCUT2D eigenvalue weighted by Gasteiger charge is 2.22. The van der Waals surface area contributed by atoms with E-state index in [1.165, 1.54) is 30.3 Å². The van der Waals surface area contributed by atoms with E-state index in [0.717, 1.165) is 18.4 Å². The van der Waals surface area contributed by atoms with Gasteiger partial charge in [0, 0.05) is 29.8 Å². The van der Waals surface area contributed by atoms with Gasteiger partial charge in [-0.2, -0.15) is 0 Å². The highest BCUT2D eigenvalue weighted by molar-refractivity contribution is 7.90. The molecular formula is C25H20ClF2N3O3S. The van der Waals surface area contributed by atoms with Crippen LogP contribution in [0.4, 0.5) is 14.5 Å². The van der Waals surface area contributed by atoms with Crippen LogP contribution in [0.15, 0.2) is 71.8 Å². The second kappa shape index (κ2) is 9.59. The van der Waals surface area contributed by atoms with Gasteiger partial charge in [0.25, 0.3) is 5.91 Å². The third-order valence-corrected chi connectivity index (χ3v) is 6.75. The number of halogens is 3. The molecule has 0 atom stereocenters. The molecular weight excluding hydrogens is 496 g/mol. The summed E-state index contributed by atoms with van der Waals surface area (Å²) in [6, 6.07) is 14.1. The van der Waals surface area contributed by atoms with Crippen molar-refractivity contribution >= 4 is 33.0 Å². The highest BCUT2D eigenvalue weighted by Crippen LogP contribution is 2.31. The average Bonchev–Trinajstić information content (AvgIpc) is 3.09. The normalized spacial score (nSPS) is 11.5. The quantitative estimate of drug-likeness (QED) is 0.344. The first-order valence-corrected chi connectivity index (χ1v) is 12.7. The van der Waals surface area contributed by atoms with E-state index in [2.05, 4.69) is 10.3 Å². The Kier molecular flexibility index (Phi) is 6.73. The molecule has 0 saturated heterocycles. The third kappa shape index (κ3) is 5.41. The topological polar surface area (TPSA) is 81.1 Å². The van der Waals surface area contributed by atoms with E-state index in [1.807, 2.05) is 0 Å². The molecule has 0 fully saturated rings. The summed E-state index contributed by atoms with van der Waals surface area (Å²) in [6.07, 6.45) is 2.66. The van der Waals surface area contributed by atoms with Crippen LogP contribution in [0.1, 0.15) is 21.6 Å². The van der Waals surface area contributed by atoms with E-state index in [1.54, 1.807) is 35.9 Å². The van der Waals surface area contributed by atoms with Crippen molar-refractivity contribution in [2.24, 2.45) is 0 Å². The zero-order chi connectivity index (χ0) is 25.3. The van der Waals surface area contributed by atoms with Gasteiger partial charge in [-0.1, -0.05) is 17.7 Å². The van der Waals surface area contributed by atoms with E-state index in [4.69, 9.17) is 11.6 Å². The number of sulfone groups is 1. The summed E-state index contributed by atoms with van der Waals surface area (Å²) in [5.41, 5.74) is 2.23. The van der Waals surface area contributed by atoms with Crippen molar-refractivity contribution in [2.45, 2.75) is 18.4 Å². The van der Waals surface area contributed by atoms with Gasteiger partial charge in [0.1, 0.15) is 16.8 Å². The van der Waals surface area contributed by atoms with Gasteiger partial charge in [0.05, 0.1) is 28.4 Å². The largest absolute Gasteiger partial charge is 0.340 e. The molecule has 0 radical (unpaired) electrons. The summed E-state index contributed by atoms with van der Waals surface area (Å²) < 4.78 is 53.3. The number of pyridine rings is 1. The summed E-state index contributed by atoms with van der Waals surface area (Å²) >= 11 is 6.00. The SMILES string of the molecule is Cc1c(C(=O)Nc2ccc(S(C)(=O)=O)cc2)cn(Cc2cccc(Cl)n2)c1-c1ccc(F)cc1F. The predicted molar refractivity (Wildman–Crippen MR) is 130 cm³/mol. The average molecular weight is 516 g/mol. The zero-order valence-corrected chi connectivity index (χ0v) is 20.3. The van der Waals surface area contributed by atoms with Crippen LogP contribution in [-0.2, 0) is 16.4 Å². The van der Waals surface area contributed by atoms with Gasteiger partial charge < -0.3 is 9.88 Å². The number of benzene rings is 2. The number of nitrogens with zero attached hydrogens (tertiary/aromatic N) is 2. The van der Waals surface area contributed by atoms with E-state index < -0.39 is 27.4 Å². The van der Waals surface area contributed by atoms with Crippen LogP contribution in [0.25, 0.3) is 11.3 Å². The number of rotatable bonds is 6. The molecule has 0 spiro atoms. The zero-order valence-electron chi connectivity index (χ0n) is 18.7. The predicted octanol–water partition coefficient (Wildman–Crippen LogP) is 5.49. The van der Waals surface area contributed by atoms with Gasteiger partial charge in [-0.15, -0.1) is 0 Å². The molecule has 0 aliphatic heterocycles. The van der Waals surface area contributed by atoms with Gasteiger partial charge in [-0.25, -0.2) is 22.2 Å². The Morgan fingerprint density at radius 2 is 1.80 bits per heavy atom. The van der Waals surface area contributed by atoms with Crippen LogP contribution in [0, 0.1) is 18.6 Å². The molecule has 4 rings (SSSR count). The Morgan fingerprint density at radius 3 is 2.43 bits per heavy atom. The van der Waals surface area contributed by atoms with Crippen molar-refractivity contribution in [1.29, 1.82) is 0 Å². The maximum Gasteiger partial charge on any atom is 0.257 e. The molecule has 1 amide bonds. The molecule has 1 N–H and O–H groups in total. The monoisotopic (exact) mass is 515 g/mol. The molecule has 2 heterocycles. The van der Waals surface area contributed by atoms with Gasteiger partial charge in [0.15, 0.2) is 9.84 Å². The van der Waals surface area contributed by atoms with Crippen LogP contribution >= 0.6 is 11.6 Å². The minimum Gasteiger partial charge on any atom is -0.340 e. The lowest BCUT2D eigenvalue weighted by Gasteiger charge is -2.11. The first-order valence-electron chi connectivity index (χ1n) is 10.4. The van der Waals surface area contributed by atoms with Gasteiger partial charge in [-0.05, 0) is 61.0 Å². The first-order chi connectivity index (χ1) is 16.5. The molecule has 35 heavy (non-hydrogen) atoms. The molecule has 0 saturated carbocycles. The number of carbonyl (C=O) groups is 1. The van der Waals surface area contributed by atoms with Gasteiger partial charge >= 0.3 is 0 Å². The Hall–Kier alpha value is -3.56. The maximum atomic E-state index is 14.8.